The van der Waals surface area contributed by atoms with E-state index < -0.39 is 39.7 Å². The van der Waals surface area contributed by atoms with Crippen LogP contribution in [-0.4, -0.2) is 55.0 Å². The van der Waals surface area contributed by atoms with Crippen molar-refractivity contribution in [2.45, 2.75) is 12.1 Å². The van der Waals surface area contributed by atoms with Crippen LogP contribution in [0.25, 0.3) is 15.9 Å². The number of nitrogens with zero attached hydrogens (tertiary/aromatic N) is 2. The van der Waals surface area contributed by atoms with Crippen LogP contribution >= 0.6 is 11.3 Å². The average Bonchev–Trinajstić information content (AvgIpc) is 3.41. The topological polar surface area (TPSA) is 110 Å². The third kappa shape index (κ3) is 3.25. The SMILES string of the molecule is CNC1CN(c2c(F)c(N)c3c(=O)c(C(=O)O)cn(-c4cccs4)c3c2F)CC1OC. The molecule has 164 valence electrons. The molecule has 0 aliphatic carbocycles. The number of rotatable bonds is 5. The highest BCUT2D eigenvalue weighted by Gasteiger charge is 2.37. The minimum atomic E-state index is -1.51. The number of anilines is 2. The van der Waals surface area contributed by atoms with Crippen molar-refractivity contribution >= 4 is 39.6 Å². The number of nitrogens with one attached hydrogen (secondary N) is 1. The van der Waals surface area contributed by atoms with E-state index in [2.05, 4.69) is 5.32 Å². The number of nitrogen functional groups attached to an aromatic ring is 1. The number of benzene rings is 1. The normalized spacial score (nSPS) is 18.8. The number of halogens is 2. The van der Waals surface area contributed by atoms with E-state index in [0.29, 0.717) is 5.00 Å². The number of hydrogen-bond donors (Lipinski definition) is 3. The number of thiophene rings is 1. The van der Waals surface area contributed by atoms with Gasteiger partial charge in [-0.05, 0) is 24.6 Å². The van der Waals surface area contributed by atoms with E-state index in [9.17, 15) is 14.7 Å². The first-order valence-corrected chi connectivity index (χ1v) is 10.3. The second kappa shape index (κ2) is 7.91. The van der Waals surface area contributed by atoms with Gasteiger partial charge in [-0.3, -0.25) is 4.79 Å². The molecule has 1 saturated heterocycles. The van der Waals surface area contributed by atoms with Gasteiger partial charge in [-0.1, -0.05) is 0 Å². The second-order valence-corrected chi connectivity index (χ2v) is 8.11. The van der Waals surface area contributed by atoms with E-state index in [1.54, 1.807) is 24.6 Å². The summed E-state index contributed by atoms with van der Waals surface area (Å²) in [6, 6.07) is 3.15. The number of pyridine rings is 1. The zero-order valence-electron chi connectivity index (χ0n) is 16.7. The molecule has 4 N–H and O–H groups in total. The number of carbonyl (C=O) groups is 1. The number of aromatic carboxylic acids is 1. The third-order valence-corrected chi connectivity index (χ3v) is 6.43. The Morgan fingerprint density at radius 2 is 2.10 bits per heavy atom. The van der Waals surface area contributed by atoms with Crippen LogP contribution in [0, 0.1) is 11.6 Å². The van der Waals surface area contributed by atoms with Crippen LogP contribution in [0.3, 0.4) is 0 Å². The highest BCUT2D eigenvalue weighted by Crippen LogP contribution is 2.38. The molecule has 1 aromatic carbocycles. The molecule has 11 heteroatoms. The highest BCUT2D eigenvalue weighted by atomic mass is 32.1. The lowest BCUT2D eigenvalue weighted by Gasteiger charge is -2.23. The lowest BCUT2D eigenvalue weighted by Crippen LogP contribution is -2.37. The van der Waals surface area contributed by atoms with Crippen LogP contribution in [0.4, 0.5) is 20.2 Å². The molecule has 4 rings (SSSR count). The van der Waals surface area contributed by atoms with Crippen molar-refractivity contribution < 1.29 is 23.4 Å². The monoisotopic (exact) mass is 450 g/mol. The van der Waals surface area contributed by atoms with Crippen LogP contribution in [0.1, 0.15) is 10.4 Å². The standard InChI is InChI=1S/C20H20F2N4O4S/c1-24-10-7-25(8-11(10)30-2)18-14(21)16(23)13-17(15(18)22)26(12-4-3-5-31-12)6-9(19(13)27)20(28)29/h3-6,10-11,24H,7-8,23H2,1-2H3,(H,28,29). The molecule has 2 aromatic heterocycles. The van der Waals surface area contributed by atoms with Gasteiger partial charge in [0.25, 0.3) is 0 Å². The number of fused-ring (bicyclic) bond motifs is 1. The molecule has 0 radical (unpaired) electrons. The molecule has 2 atom stereocenters. The number of aromatic nitrogens is 1. The Kier molecular flexibility index (Phi) is 5.42. The summed E-state index contributed by atoms with van der Waals surface area (Å²) in [5.41, 5.74) is 3.06. The number of likely N-dealkylation sites (N-methyl/N-ethyl adjacent to an activating group) is 1. The van der Waals surface area contributed by atoms with Crippen LogP contribution < -0.4 is 21.4 Å². The largest absolute Gasteiger partial charge is 0.477 e. The lowest BCUT2D eigenvalue weighted by atomic mass is 10.1. The Balaban J connectivity index is 2.06. The highest BCUT2D eigenvalue weighted by molar-refractivity contribution is 7.12. The van der Waals surface area contributed by atoms with Gasteiger partial charge in [-0.15, -0.1) is 11.3 Å². The van der Waals surface area contributed by atoms with Gasteiger partial charge in [0.15, 0.2) is 11.6 Å². The minimum absolute atomic E-state index is 0.172. The van der Waals surface area contributed by atoms with E-state index in [1.165, 1.54) is 27.9 Å². The molecule has 2 unspecified atom stereocenters. The number of nitrogens with two attached hydrogens (primary N) is 1. The summed E-state index contributed by atoms with van der Waals surface area (Å²) in [4.78, 5) is 25.9. The molecule has 0 saturated carbocycles. The fourth-order valence-electron chi connectivity index (χ4n) is 4.01. The predicted molar refractivity (Wildman–Crippen MR) is 115 cm³/mol. The first kappa shape index (κ1) is 21.2. The first-order valence-electron chi connectivity index (χ1n) is 9.38. The van der Waals surface area contributed by atoms with Crippen molar-refractivity contribution in [3.05, 3.63) is 51.1 Å². The summed E-state index contributed by atoms with van der Waals surface area (Å²) in [5, 5.41) is 14.2. The lowest BCUT2D eigenvalue weighted by molar-refractivity contribution is 0.0695. The maximum Gasteiger partial charge on any atom is 0.341 e. The van der Waals surface area contributed by atoms with Crippen LogP contribution in [0.5, 0.6) is 0 Å². The summed E-state index contributed by atoms with van der Waals surface area (Å²) < 4.78 is 37.9. The molecule has 0 bridgehead atoms. The molecule has 1 fully saturated rings. The number of hydrogen-bond acceptors (Lipinski definition) is 7. The van der Waals surface area contributed by atoms with Crippen LogP contribution in [0.2, 0.25) is 0 Å². The van der Waals surface area contributed by atoms with Gasteiger partial charge >= 0.3 is 5.97 Å². The van der Waals surface area contributed by atoms with Gasteiger partial charge in [0.1, 0.15) is 11.3 Å². The first-order chi connectivity index (χ1) is 14.8. The van der Waals surface area contributed by atoms with E-state index >= 15 is 8.78 Å². The Hall–Kier alpha value is -3.02. The van der Waals surface area contributed by atoms with E-state index in [1.807, 2.05) is 0 Å². The summed E-state index contributed by atoms with van der Waals surface area (Å²) in [7, 11) is 3.24. The van der Waals surface area contributed by atoms with E-state index in [0.717, 1.165) is 6.20 Å². The molecule has 3 aromatic rings. The smallest absolute Gasteiger partial charge is 0.341 e. The van der Waals surface area contributed by atoms with E-state index in [4.69, 9.17) is 10.5 Å². The maximum atomic E-state index is 15.9. The third-order valence-electron chi connectivity index (χ3n) is 5.57. The Bertz CT molecular complexity index is 1220. The van der Waals surface area contributed by atoms with Gasteiger partial charge in [0.05, 0.1) is 33.7 Å². The molecule has 3 heterocycles. The minimum Gasteiger partial charge on any atom is -0.477 e. The van der Waals surface area contributed by atoms with Crippen molar-refractivity contribution in [2.24, 2.45) is 0 Å². The predicted octanol–water partition coefficient (Wildman–Crippen LogP) is 2.03. The summed E-state index contributed by atoms with van der Waals surface area (Å²) in [6.07, 6.45) is 0.732. The Labute approximate surface area is 179 Å². The average molecular weight is 450 g/mol. The zero-order valence-corrected chi connectivity index (χ0v) is 17.5. The maximum absolute atomic E-state index is 15.9. The number of carboxylic acids is 1. The van der Waals surface area contributed by atoms with E-state index in [-0.39, 0.29) is 36.4 Å². The van der Waals surface area contributed by atoms with Crippen molar-refractivity contribution in [1.82, 2.24) is 9.88 Å². The molecule has 31 heavy (non-hydrogen) atoms. The summed E-state index contributed by atoms with van der Waals surface area (Å²) in [6.45, 7) is 0.460. The molecular formula is C20H20F2N4O4S. The van der Waals surface area contributed by atoms with Crippen molar-refractivity contribution in [2.75, 3.05) is 37.9 Å². The second-order valence-electron chi connectivity index (χ2n) is 7.19. The number of carboxylic acid groups (broad SMARTS) is 1. The van der Waals surface area contributed by atoms with Gasteiger partial charge in [0, 0.05) is 26.4 Å². The van der Waals surface area contributed by atoms with Gasteiger partial charge in [-0.25, -0.2) is 13.6 Å². The molecule has 0 spiro atoms. The van der Waals surface area contributed by atoms with Crippen LogP contribution in [-0.2, 0) is 4.74 Å². The number of ether oxygens (including phenoxy) is 1. The van der Waals surface area contributed by atoms with Crippen molar-refractivity contribution in [1.29, 1.82) is 0 Å². The Morgan fingerprint density at radius 1 is 1.35 bits per heavy atom. The summed E-state index contributed by atoms with van der Waals surface area (Å²) in [5.74, 6) is -3.61. The zero-order chi connectivity index (χ0) is 22.4. The fraction of sp³-hybridized carbons (Fsp3) is 0.300. The van der Waals surface area contributed by atoms with Crippen LogP contribution in [0.15, 0.2) is 28.5 Å². The number of methoxy groups -OCH3 is 1. The van der Waals surface area contributed by atoms with Crippen molar-refractivity contribution in [3.63, 3.8) is 0 Å². The summed E-state index contributed by atoms with van der Waals surface area (Å²) >= 11 is 1.21. The molecule has 0 amide bonds. The quantitative estimate of drug-likeness (QED) is 0.510. The van der Waals surface area contributed by atoms with Gasteiger partial charge in [0.2, 0.25) is 5.43 Å². The van der Waals surface area contributed by atoms with Gasteiger partial charge < -0.3 is 30.4 Å². The molecule has 8 nitrogen and oxygen atoms in total. The van der Waals surface area contributed by atoms with Gasteiger partial charge in [-0.2, -0.15) is 0 Å². The Morgan fingerprint density at radius 3 is 2.65 bits per heavy atom. The van der Waals surface area contributed by atoms with Crippen molar-refractivity contribution in [3.8, 4) is 5.00 Å². The molecule has 1 aliphatic rings. The molecular weight excluding hydrogens is 430 g/mol. The fourth-order valence-corrected chi connectivity index (χ4v) is 4.72. The molecule has 1 aliphatic heterocycles.